The molecule has 2 fully saturated rings. The molecule has 1 saturated heterocycles. The summed E-state index contributed by atoms with van der Waals surface area (Å²) in [6.45, 7) is 8.28. The minimum Gasteiger partial charge on any atom is -0.377 e. The van der Waals surface area contributed by atoms with E-state index < -0.39 is 11.9 Å². The van der Waals surface area contributed by atoms with Crippen LogP contribution in [0.15, 0.2) is 10.4 Å². The SMILES string of the molecule is CCNC(=NCCc1nc(C(F)(F)F)cs1)NC1C2CCOC2C1(C)C.I. The highest BCUT2D eigenvalue weighted by Crippen LogP contribution is 2.52. The summed E-state index contributed by atoms with van der Waals surface area (Å²) < 4.78 is 43.6. The van der Waals surface area contributed by atoms with E-state index in [1.165, 1.54) is 0 Å². The first-order valence-corrected chi connectivity index (χ1v) is 9.79. The van der Waals surface area contributed by atoms with Gasteiger partial charge >= 0.3 is 6.18 Å². The summed E-state index contributed by atoms with van der Waals surface area (Å²) in [4.78, 5) is 8.17. The Hall–Kier alpha value is -0.620. The van der Waals surface area contributed by atoms with E-state index in [0.717, 1.165) is 36.3 Å². The topological polar surface area (TPSA) is 58.5 Å². The van der Waals surface area contributed by atoms with Gasteiger partial charge in [-0.25, -0.2) is 4.98 Å². The third-order valence-electron chi connectivity index (χ3n) is 5.17. The summed E-state index contributed by atoms with van der Waals surface area (Å²) in [5.74, 6) is 1.19. The van der Waals surface area contributed by atoms with Gasteiger partial charge in [0.2, 0.25) is 0 Å². The maximum atomic E-state index is 12.6. The monoisotopic (exact) mass is 518 g/mol. The number of hydrogen-bond donors (Lipinski definition) is 2. The summed E-state index contributed by atoms with van der Waals surface area (Å²) in [7, 11) is 0. The van der Waals surface area contributed by atoms with Gasteiger partial charge in [0.25, 0.3) is 0 Å². The second-order valence-corrected chi connectivity index (χ2v) is 8.26. The molecule has 0 radical (unpaired) electrons. The molecule has 0 bridgehead atoms. The van der Waals surface area contributed by atoms with Crippen LogP contribution in [0.2, 0.25) is 0 Å². The Morgan fingerprint density at radius 1 is 1.44 bits per heavy atom. The molecule has 27 heavy (non-hydrogen) atoms. The number of hydrogen-bond acceptors (Lipinski definition) is 4. The normalized spacial score (nSPS) is 26.7. The standard InChI is InChI=1S/C17H25F3N4OS.HI/c1-4-21-15(24-13-10-6-8-25-14(10)16(13,2)3)22-7-5-12-23-11(9-26-12)17(18,19)20;/h9-10,13-14H,4-8H2,1-3H3,(H2,21,22,24);1H. The molecular weight excluding hydrogens is 492 g/mol. The Kier molecular flexibility index (Phi) is 7.40. The van der Waals surface area contributed by atoms with Crippen LogP contribution in [0.1, 0.15) is 37.9 Å². The van der Waals surface area contributed by atoms with E-state index >= 15 is 0 Å². The van der Waals surface area contributed by atoms with Crippen LogP contribution in [0.25, 0.3) is 0 Å². The van der Waals surface area contributed by atoms with Crippen LogP contribution in [0.4, 0.5) is 13.2 Å². The molecule has 1 aliphatic carbocycles. The van der Waals surface area contributed by atoms with Gasteiger partial charge in [-0.1, -0.05) is 13.8 Å². The Bertz CT molecular complexity index is 665. The maximum absolute atomic E-state index is 12.6. The number of halogens is 4. The molecule has 0 aromatic carbocycles. The number of nitrogens with zero attached hydrogens (tertiary/aromatic N) is 2. The molecule has 2 heterocycles. The number of rotatable bonds is 5. The molecular formula is C17H26F3IN4OS. The predicted octanol–water partition coefficient (Wildman–Crippen LogP) is 3.69. The molecule has 0 amide bonds. The van der Waals surface area contributed by atoms with Crippen molar-refractivity contribution in [3.8, 4) is 0 Å². The number of ether oxygens (including phenoxy) is 1. The van der Waals surface area contributed by atoms with Crippen molar-refractivity contribution < 1.29 is 17.9 Å². The average Bonchev–Trinajstić information content (AvgIpc) is 3.20. The first-order valence-electron chi connectivity index (χ1n) is 8.91. The largest absolute Gasteiger partial charge is 0.434 e. The molecule has 10 heteroatoms. The van der Waals surface area contributed by atoms with Crippen molar-refractivity contribution in [3.05, 3.63) is 16.1 Å². The highest BCUT2D eigenvalue weighted by molar-refractivity contribution is 14.0. The number of aliphatic imine (C=N–C) groups is 1. The van der Waals surface area contributed by atoms with E-state index in [0.29, 0.717) is 36.0 Å². The third-order valence-corrected chi connectivity index (χ3v) is 6.08. The summed E-state index contributed by atoms with van der Waals surface area (Å²) >= 11 is 1.03. The van der Waals surface area contributed by atoms with E-state index in [1.807, 2.05) is 6.92 Å². The van der Waals surface area contributed by atoms with Gasteiger partial charge in [-0.3, -0.25) is 4.99 Å². The molecule has 1 aromatic heterocycles. The lowest BCUT2D eigenvalue weighted by molar-refractivity contribution is -0.140. The van der Waals surface area contributed by atoms with Crippen molar-refractivity contribution in [1.29, 1.82) is 0 Å². The zero-order valence-corrected chi connectivity index (χ0v) is 18.7. The van der Waals surface area contributed by atoms with Gasteiger partial charge < -0.3 is 15.4 Å². The first kappa shape index (κ1) is 22.7. The van der Waals surface area contributed by atoms with Crippen LogP contribution in [0.3, 0.4) is 0 Å². The predicted molar refractivity (Wildman–Crippen MR) is 111 cm³/mol. The maximum Gasteiger partial charge on any atom is 0.434 e. The number of guanidine groups is 1. The van der Waals surface area contributed by atoms with Crippen molar-refractivity contribution >= 4 is 41.3 Å². The Labute approximate surface area is 178 Å². The molecule has 1 aliphatic heterocycles. The Balaban J connectivity index is 0.00000261. The zero-order chi connectivity index (χ0) is 18.9. The molecule has 1 aromatic rings. The quantitative estimate of drug-likeness (QED) is 0.355. The number of alkyl halides is 3. The number of thiazole rings is 1. The second kappa shape index (κ2) is 8.81. The molecule has 5 nitrogen and oxygen atoms in total. The summed E-state index contributed by atoms with van der Waals surface area (Å²) in [5.41, 5.74) is -0.788. The molecule has 2 N–H and O–H groups in total. The highest BCUT2D eigenvalue weighted by atomic mass is 127. The van der Waals surface area contributed by atoms with Gasteiger partial charge in [0, 0.05) is 48.9 Å². The van der Waals surface area contributed by atoms with Gasteiger partial charge in [-0.15, -0.1) is 35.3 Å². The van der Waals surface area contributed by atoms with Crippen molar-refractivity contribution in [3.63, 3.8) is 0 Å². The van der Waals surface area contributed by atoms with E-state index in [1.54, 1.807) is 0 Å². The van der Waals surface area contributed by atoms with Crippen LogP contribution >= 0.6 is 35.3 Å². The smallest absolute Gasteiger partial charge is 0.377 e. The third kappa shape index (κ3) is 4.87. The van der Waals surface area contributed by atoms with E-state index in [2.05, 4.69) is 34.5 Å². The average molecular weight is 518 g/mol. The highest BCUT2D eigenvalue weighted by Gasteiger charge is 2.59. The minimum atomic E-state index is -4.38. The fraction of sp³-hybridized carbons (Fsp3) is 0.765. The van der Waals surface area contributed by atoms with Crippen LogP contribution in [-0.4, -0.2) is 42.8 Å². The van der Waals surface area contributed by atoms with Crippen molar-refractivity contribution in [2.45, 2.75) is 51.9 Å². The van der Waals surface area contributed by atoms with Crippen LogP contribution in [0.5, 0.6) is 0 Å². The van der Waals surface area contributed by atoms with Gasteiger partial charge in [-0.2, -0.15) is 13.2 Å². The molecule has 154 valence electrons. The summed E-state index contributed by atoms with van der Waals surface area (Å²) in [5, 5.41) is 8.21. The fourth-order valence-corrected chi connectivity index (χ4v) is 4.70. The Morgan fingerprint density at radius 3 is 2.81 bits per heavy atom. The van der Waals surface area contributed by atoms with E-state index in [4.69, 9.17) is 4.74 Å². The van der Waals surface area contributed by atoms with E-state index in [9.17, 15) is 13.2 Å². The van der Waals surface area contributed by atoms with Crippen LogP contribution in [0, 0.1) is 11.3 Å². The van der Waals surface area contributed by atoms with Crippen molar-refractivity contribution in [2.24, 2.45) is 16.3 Å². The summed E-state index contributed by atoms with van der Waals surface area (Å²) in [6, 6.07) is 0.282. The lowest BCUT2D eigenvalue weighted by Gasteiger charge is -2.54. The van der Waals surface area contributed by atoms with Crippen molar-refractivity contribution in [2.75, 3.05) is 19.7 Å². The number of nitrogens with one attached hydrogen (secondary N) is 2. The van der Waals surface area contributed by atoms with Gasteiger partial charge in [0.05, 0.1) is 11.1 Å². The van der Waals surface area contributed by atoms with E-state index in [-0.39, 0.29) is 35.4 Å². The molecule has 3 unspecified atom stereocenters. The number of aromatic nitrogens is 1. The van der Waals surface area contributed by atoms with Crippen LogP contribution < -0.4 is 10.6 Å². The Morgan fingerprint density at radius 2 is 2.19 bits per heavy atom. The lowest BCUT2D eigenvalue weighted by atomic mass is 9.57. The van der Waals surface area contributed by atoms with Gasteiger partial charge in [-0.05, 0) is 13.3 Å². The summed E-state index contributed by atoms with van der Waals surface area (Å²) in [6.07, 6.45) is -2.66. The number of fused-ring (bicyclic) bond motifs is 1. The minimum absolute atomic E-state index is 0. The molecule has 3 atom stereocenters. The molecule has 1 saturated carbocycles. The molecule has 0 spiro atoms. The van der Waals surface area contributed by atoms with Gasteiger partial charge in [0.15, 0.2) is 11.7 Å². The first-order chi connectivity index (χ1) is 12.2. The lowest BCUT2D eigenvalue weighted by Crippen LogP contribution is -2.68. The van der Waals surface area contributed by atoms with Crippen molar-refractivity contribution in [1.82, 2.24) is 15.6 Å². The molecule has 3 rings (SSSR count). The van der Waals surface area contributed by atoms with Crippen LogP contribution in [-0.2, 0) is 17.3 Å². The zero-order valence-electron chi connectivity index (χ0n) is 15.6. The van der Waals surface area contributed by atoms with Gasteiger partial charge in [0.1, 0.15) is 0 Å². The fourth-order valence-electron chi connectivity index (χ4n) is 3.90. The molecule has 2 aliphatic rings. The second-order valence-electron chi connectivity index (χ2n) is 7.32.